The van der Waals surface area contributed by atoms with Crippen molar-refractivity contribution in [3.8, 4) is 0 Å². The maximum Gasteiger partial charge on any atom is 0.223 e. The first-order valence-corrected chi connectivity index (χ1v) is 7.28. The Bertz CT molecular complexity index is 283. The third kappa shape index (κ3) is 4.93. The molecule has 0 spiro atoms. The molecular formula is C14H27ClN2O2. The highest BCUT2D eigenvalue weighted by atomic mass is 35.5. The van der Waals surface area contributed by atoms with Crippen LogP contribution in [0.4, 0.5) is 0 Å². The second-order valence-corrected chi connectivity index (χ2v) is 5.82. The first-order valence-electron chi connectivity index (χ1n) is 7.28. The lowest BCUT2D eigenvalue weighted by Gasteiger charge is -2.32. The number of hydrogen-bond donors (Lipinski definition) is 2. The zero-order valence-electron chi connectivity index (χ0n) is 12.0. The molecule has 3 atom stereocenters. The molecule has 0 aromatic carbocycles. The van der Waals surface area contributed by atoms with Crippen molar-refractivity contribution >= 4 is 18.3 Å². The van der Waals surface area contributed by atoms with E-state index in [2.05, 4.69) is 24.5 Å². The number of nitrogens with one attached hydrogen (secondary N) is 2. The highest BCUT2D eigenvalue weighted by molar-refractivity contribution is 5.85. The van der Waals surface area contributed by atoms with Gasteiger partial charge in [-0.2, -0.15) is 0 Å². The van der Waals surface area contributed by atoms with E-state index in [-0.39, 0.29) is 30.3 Å². The van der Waals surface area contributed by atoms with Crippen LogP contribution >= 0.6 is 12.4 Å². The molecule has 2 aliphatic rings. The molecule has 1 amide bonds. The van der Waals surface area contributed by atoms with Gasteiger partial charge in [-0.05, 0) is 52.0 Å². The lowest BCUT2D eigenvalue weighted by atomic mass is 9.90. The van der Waals surface area contributed by atoms with E-state index in [0.29, 0.717) is 12.0 Å². The summed E-state index contributed by atoms with van der Waals surface area (Å²) in [7, 11) is 0. The van der Waals surface area contributed by atoms with Crippen LogP contribution in [0.25, 0.3) is 0 Å². The second kappa shape index (κ2) is 8.08. The molecule has 2 fully saturated rings. The van der Waals surface area contributed by atoms with Gasteiger partial charge in [-0.15, -0.1) is 12.4 Å². The highest BCUT2D eigenvalue weighted by Gasteiger charge is 2.28. The standard InChI is InChI=1S/C14H26N2O2.ClH/c1-10-9-13(3-6-15-10)14(17)16-11(2)12-4-7-18-8-5-12;/h10-13,15H,3-9H2,1-2H3,(H,16,17);1H/t10-,11?,13-;/m0./s1. The van der Waals surface area contributed by atoms with Gasteiger partial charge in [0.25, 0.3) is 0 Å². The Labute approximate surface area is 122 Å². The average molecular weight is 291 g/mol. The third-order valence-corrected chi connectivity index (χ3v) is 4.34. The SMILES string of the molecule is CC(NC(=O)[C@H]1CCN[C@@H](C)C1)C1CCOCC1.Cl. The molecule has 5 heteroatoms. The van der Waals surface area contributed by atoms with Gasteiger partial charge in [-0.1, -0.05) is 0 Å². The van der Waals surface area contributed by atoms with E-state index in [1.54, 1.807) is 0 Å². The Kier molecular flexibility index (Phi) is 7.11. The van der Waals surface area contributed by atoms with Gasteiger partial charge in [0.1, 0.15) is 0 Å². The van der Waals surface area contributed by atoms with Gasteiger partial charge in [0.2, 0.25) is 5.91 Å². The van der Waals surface area contributed by atoms with Crippen LogP contribution in [0.3, 0.4) is 0 Å². The summed E-state index contributed by atoms with van der Waals surface area (Å²) in [6.07, 6.45) is 4.08. The quantitative estimate of drug-likeness (QED) is 0.832. The molecule has 0 aromatic rings. The molecule has 2 saturated heterocycles. The van der Waals surface area contributed by atoms with E-state index in [4.69, 9.17) is 4.74 Å². The van der Waals surface area contributed by atoms with Crippen molar-refractivity contribution in [2.24, 2.45) is 11.8 Å². The lowest BCUT2D eigenvalue weighted by molar-refractivity contribution is -0.127. The van der Waals surface area contributed by atoms with Gasteiger partial charge in [-0.25, -0.2) is 0 Å². The molecule has 19 heavy (non-hydrogen) atoms. The molecule has 2 N–H and O–H groups in total. The Morgan fingerprint density at radius 2 is 2.00 bits per heavy atom. The number of carbonyl (C=O) groups is 1. The molecule has 0 aromatic heterocycles. The van der Waals surface area contributed by atoms with Crippen molar-refractivity contribution in [1.82, 2.24) is 10.6 Å². The molecule has 0 bridgehead atoms. The molecule has 2 heterocycles. The smallest absolute Gasteiger partial charge is 0.223 e. The summed E-state index contributed by atoms with van der Waals surface area (Å²) >= 11 is 0. The van der Waals surface area contributed by atoms with Crippen molar-refractivity contribution in [2.45, 2.75) is 51.6 Å². The van der Waals surface area contributed by atoms with Crippen molar-refractivity contribution in [3.63, 3.8) is 0 Å². The maximum atomic E-state index is 12.2. The Morgan fingerprint density at radius 1 is 1.32 bits per heavy atom. The highest BCUT2D eigenvalue weighted by Crippen LogP contribution is 2.21. The van der Waals surface area contributed by atoms with Crippen LogP contribution in [0.5, 0.6) is 0 Å². The number of carbonyl (C=O) groups excluding carboxylic acids is 1. The summed E-state index contributed by atoms with van der Waals surface area (Å²) in [6, 6.07) is 0.750. The van der Waals surface area contributed by atoms with E-state index in [0.717, 1.165) is 45.4 Å². The van der Waals surface area contributed by atoms with Gasteiger partial charge in [0.05, 0.1) is 0 Å². The number of ether oxygens (including phenoxy) is 1. The molecule has 0 radical (unpaired) electrons. The zero-order chi connectivity index (χ0) is 13.0. The van der Waals surface area contributed by atoms with Gasteiger partial charge in [-0.3, -0.25) is 4.79 Å². The van der Waals surface area contributed by atoms with Crippen LogP contribution in [0, 0.1) is 11.8 Å². The van der Waals surface area contributed by atoms with Crippen LogP contribution in [-0.2, 0) is 9.53 Å². The van der Waals surface area contributed by atoms with Crippen LogP contribution in [-0.4, -0.2) is 37.7 Å². The van der Waals surface area contributed by atoms with Crippen LogP contribution < -0.4 is 10.6 Å². The van der Waals surface area contributed by atoms with Crippen molar-refractivity contribution < 1.29 is 9.53 Å². The summed E-state index contributed by atoms with van der Waals surface area (Å²) in [4.78, 5) is 12.2. The molecular weight excluding hydrogens is 264 g/mol. The van der Waals surface area contributed by atoms with Crippen molar-refractivity contribution in [3.05, 3.63) is 0 Å². The molecule has 0 saturated carbocycles. The summed E-state index contributed by atoms with van der Waals surface area (Å²) in [5, 5.41) is 6.60. The predicted molar refractivity (Wildman–Crippen MR) is 78.6 cm³/mol. The van der Waals surface area contributed by atoms with Crippen molar-refractivity contribution in [1.29, 1.82) is 0 Å². The Hall–Kier alpha value is -0.320. The fourth-order valence-corrected chi connectivity index (χ4v) is 3.05. The van der Waals surface area contributed by atoms with Crippen LogP contribution in [0.1, 0.15) is 39.5 Å². The lowest BCUT2D eigenvalue weighted by Crippen LogP contribution is -2.47. The van der Waals surface area contributed by atoms with Gasteiger partial charge in [0, 0.05) is 31.2 Å². The van der Waals surface area contributed by atoms with Gasteiger partial charge in [0.15, 0.2) is 0 Å². The minimum Gasteiger partial charge on any atom is -0.381 e. The summed E-state index contributed by atoms with van der Waals surface area (Å²) < 4.78 is 5.36. The van der Waals surface area contributed by atoms with E-state index in [1.807, 2.05) is 0 Å². The minimum absolute atomic E-state index is 0. The van der Waals surface area contributed by atoms with E-state index >= 15 is 0 Å². The third-order valence-electron chi connectivity index (χ3n) is 4.34. The summed E-state index contributed by atoms with van der Waals surface area (Å²) in [6.45, 7) is 6.94. The van der Waals surface area contributed by atoms with Crippen molar-refractivity contribution in [2.75, 3.05) is 19.8 Å². The molecule has 4 nitrogen and oxygen atoms in total. The van der Waals surface area contributed by atoms with E-state index in [9.17, 15) is 4.79 Å². The van der Waals surface area contributed by atoms with Crippen LogP contribution in [0.2, 0.25) is 0 Å². The zero-order valence-corrected chi connectivity index (χ0v) is 12.8. The first-order chi connectivity index (χ1) is 8.66. The molecule has 0 aliphatic carbocycles. The number of hydrogen-bond acceptors (Lipinski definition) is 3. The first kappa shape index (κ1) is 16.7. The number of halogens is 1. The molecule has 112 valence electrons. The van der Waals surface area contributed by atoms with E-state index in [1.165, 1.54) is 0 Å². The molecule has 2 aliphatic heterocycles. The normalized spacial score (nSPS) is 30.2. The number of rotatable bonds is 3. The van der Waals surface area contributed by atoms with Gasteiger partial charge >= 0.3 is 0 Å². The summed E-state index contributed by atoms with van der Waals surface area (Å²) in [5.41, 5.74) is 0. The number of piperidine rings is 1. The fourth-order valence-electron chi connectivity index (χ4n) is 3.05. The Morgan fingerprint density at radius 3 is 2.63 bits per heavy atom. The predicted octanol–water partition coefficient (Wildman–Crippen LogP) is 1.73. The molecule has 1 unspecified atom stereocenters. The molecule has 2 rings (SSSR count). The summed E-state index contributed by atoms with van der Waals surface area (Å²) in [5.74, 6) is 1.03. The maximum absolute atomic E-state index is 12.2. The minimum atomic E-state index is 0. The van der Waals surface area contributed by atoms with Crippen LogP contribution in [0.15, 0.2) is 0 Å². The average Bonchev–Trinajstić information content (AvgIpc) is 2.39. The second-order valence-electron chi connectivity index (χ2n) is 5.82. The Balaban J connectivity index is 0.00000180. The largest absolute Gasteiger partial charge is 0.381 e. The number of amides is 1. The van der Waals surface area contributed by atoms with Gasteiger partial charge < -0.3 is 15.4 Å². The fraction of sp³-hybridized carbons (Fsp3) is 0.929. The monoisotopic (exact) mass is 290 g/mol. The topological polar surface area (TPSA) is 50.4 Å². The van der Waals surface area contributed by atoms with E-state index < -0.39 is 0 Å².